The minimum Gasteiger partial charge on any atom is -0.404 e. The number of nitrogens with zero attached hydrogens (tertiary/aromatic N) is 4. The minimum absolute atomic E-state index is 0.127. The number of aromatic nitrogens is 4. The van der Waals surface area contributed by atoms with Gasteiger partial charge < -0.3 is 32.7 Å². The number of unbranched alkanes of at least 4 members (excludes halogenated alkanes) is 2. The van der Waals surface area contributed by atoms with Gasteiger partial charge in [-0.15, -0.1) is 0 Å². The summed E-state index contributed by atoms with van der Waals surface area (Å²) in [5, 5.41) is 13.2. The fraction of sp³-hybridized carbons (Fsp3) is 0.368. The Morgan fingerprint density at radius 1 is 0.660 bits per heavy atom. The maximum Gasteiger partial charge on any atom is 0.161 e. The van der Waals surface area contributed by atoms with Gasteiger partial charge in [-0.3, -0.25) is 0 Å². The fourth-order valence-corrected chi connectivity index (χ4v) is 4.92. The first-order valence-electron chi connectivity index (χ1n) is 17.3. The third-order valence-corrected chi connectivity index (χ3v) is 7.68. The van der Waals surface area contributed by atoms with Crippen LogP contribution in [0.3, 0.4) is 0 Å². The van der Waals surface area contributed by atoms with Gasteiger partial charge in [-0.1, -0.05) is 71.0 Å². The Labute approximate surface area is 295 Å². The predicted octanol–water partition coefficient (Wildman–Crippen LogP) is 8.15. The van der Waals surface area contributed by atoms with Crippen LogP contribution in [0.5, 0.6) is 0 Å². The van der Waals surface area contributed by atoms with Crippen LogP contribution in [0.1, 0.15) is 83.1 Å². The van der Waals surface area contributed by atoms with E-state index in [2.05, 4.69) is 36.2 Å². The molecular weight excluding hydrogens is 634 g/mol. The summed E-state index contributed by atoms with van der Waals surface area (Å²) in [5.41, 5.74) is 14.5. The summed E-state index contributed by atoms with van der Waals surface area (Å²) in [5.74, 6) is 3.14. The first-order chi connectivity index (χ1) is 24.3. The molecule has 50 heavy (non-hydrogen) atoms. The molecule has 0 saturated carbocycles. The van der Waals surface area contributed by atoms with Crippen molar-refractivity contribution < 1.29 is 8.78 Å². The number of halogens is 2. The van der Waals surface area contributed by atoms with Crippen molar-refractivity contribution in [2.45, 2.75) is 73.4 Å². The summed E-state index contributed by atoms with van der Waals surface area (Å²) < 4.78 is 28.3. The van der Waals surface area contributed by atoms with Crippen molar-refractivity contribution in [2.75, 3.05) is 34.4 Å². The molecule has 8 N–H and O–H groups in total. The zero-order valence-corrected chi connectivity index (χ0v) is 29.9. The Bertz CT molecular complexity index is 1690. The summed E-state index contributed by atoms with van der Waals surface area (Å²) in [6.45, 7) is 12.1. The zero-order valence-electron chi connectivity index (χ0n) is 29.9. The smallest absolute Gasteiger partial charge is 0.161 e. The van der Waals surface area contributed by atoms with Crippen molar-refractivity contribution in [1.29, 1.82) is 0 Å². The molecule has 0 aliphatic heterocycles. The highest BCUT2D eigenvalue weighted by Gasteiger charge is 2.14. The van der Waals surface area contributed by atoms with E-state index < -0.39 is 0 Å². The molecule has 2 aromatic heterocycles. The number of hydrogen-bond acceptors (Lipinski definition) is 10. The quantitative estimate of drug-likeness (QED) is 0.0566. The average Bonchev–Trinajstić information content (AvgIpc) is 3.12. The molecule has 0 aliphatic rings. The van der Waals surface area contributed by atoms with Crippen LogP contribution in [-0.4, -0.2) is 33.0 Å². The number of nitrogens with two attached hydrogens (primary N) is 2. The zero-order chi connectivity index (χ0) is 36.3. The van der Waals surface area contributed by atoms with E-state index in [0.717, 1.165) is 30.4 Å². The Morgan fingerprint density at radius 3 is 1.50 bits per heavy atom. The molecule has 0 atom stereocenters. The molecule has 0 amide bonds. The van der Waals surface area contributed by atoms with Gasteiger partial charge in [0.05, 0.1) is 0 Å². The molecule has 4 rings (SSSR count). The van der Waals surface area contributed by atoms with Gasteiger partial charge in [0, 0.05) is 73.0 Å². The number of nitrogens with one attached hydrogen (secondary N) is 4. The molecule has 2 aromatic carbocycles. The Kier molecular flexibility index (Phi) is 16.4. The topological polar surface area (TPSA) is 152 Å². The molecule has 268 valence electrons. The largest absolute Gasteiger partial charge is 0.404 e. The van der Waals surface area contributed by atoms with E-state index in [9.17, 15) is 8.78 Å². The first kappa shape index (κ1) is 39.2. The van der Waals surface area contributed by atoms with Gasteiger partial charge in [-0.05, 0) is 43.7 Å². The van der Waals surface area contributed by atoms with E-state index in [-0.39, 0.29) is 24.1 Å². The maximum atomic E-state index is 14.2. The van der Waals surface area contributed by atoms with Crippen molar-refractivity contribution in [1.82, 2.24) is 19.9 Å². The second-order valence-corrected chi connectivity index (χ2v) is 11.6. The Balaban J connectivity index is 0.00000332. The highest BCUT2D eigenvalue weighted by atomic mass is 19.1. The van der Waals surface area contributed by atoms with Crippen LogP contribution in [-0.2, 0) is 13.1 Å². The number of anilines is 4. The predicted molar refractivity (Wildman–Crippen MR) is 203 cm³/mol. The van der Waals surface area contributed by atoms with E-state index >= 15 is 0 Å². The lowest BCUT2D eigenvalue weighted by molar-refractivity contribution is 0.612. The van der Waals surface area contributed by atoms with Crippen molar-refractivity contribution in [3.8, 4) is 0 Å². The summed E-state index contributed by atoms with van der Waals surface area (Å²) >= 11 is 0. The van der Waals surface area contributed by atoms with Crippen LogP contribution < -0.4 is 32.7 Å². The van der Waals surface area contributed by atoms with Crippen molar-refractivity contribution in [3.63, 3.8) is 0 Å². The van der Waals surface area contributed by atoms with Gasteiger partial charge in [0.15, 0.2) is 11.6 Å². The van der Waals surface area contributed by atoms with Gasteiger partial charge in [0.1, 0.15) is 34.9 Å². The summed E-state index contributed by atoms with van der Waals surface area (Å²) in [7, 11) is 0. The van der Waals surface area contributed by atoms with Gasteiger partial charge in [-0.2, -0.15) is 0 Å². The van der Waals surface area contributed by atoms with Gasteiger partial charge >= 0.3 is 0 Å². The molecule has 0 spiro atoms. The number of rotatable bonds is 18. The molecule has 0 fully saturated rings. The SMILES string of the molecule is CC.CC/C(=C/N)c1nc(NCCCCCNc2cc(NCc3ccccc3F)nc(/C(=C\N)C(C)C)n2)cc(NCc2ccccc2F)n1. The second kappa shape index (κ2) is 21.0. The normalized spacial score (nSPS) is 11.5. The monoisotopic (exact) mass is 686 g/mol. The van der Waals surface area contributed by atoms with Gasteiger partial charge in [0.25, 0.3) is 0 Å². The van der Waals surface area contributed by atoms with Crippen molar-refractivity contribution in [2.24, 2.45) is 17.4 Å². The molecule has 0 bridgehead atoms. The average molecular weight is 687 g/mol. The second-order valence-electron chi connectivity index (χ2n) is 11.6. The molecule has 0 unspecified atom stereocenters. The molecule has 4 aromatic rings. The van der Waals surface area contributed by atoms with E-state index in [4.69, 9.17) is 16.5 Å². The van der Waals surface area contributed by atoms with Crippen LogP contribution in [0.25, 0.3) is 11.1 Å². The summed E-state index contributed by atoms with van der Waals surface area (Å²) in [6, 6.07) is 16.9. The van der Waals surface area contributed by atoms with Gasteiger partial charge in [-0.25, -0.2) is 28.7 Å². The molecule has 10 nitrogen and oxygen atoms in total. The molecule has 2 heterocycles. The van der Waals surface area contributed by atoms with Gasteiger partial charge in [0.2, 0.25) is 0 Å². The minimum atomic E-state index is -0.271. The first-order valence-corrected chi connectivity index (χ1v) is 17.3. The standard InChI is InChI=1S/C36H46F2N10.C2H6/c1-4-25(20-39)35-45-31(18-33(46-35)43-22-26-12-6-8-14-29(26)37)41-16-10-5-11-17-42-32-19-34(44-23-27-13-7-9-15-30(27)38)48-36(47-32)28(21-40)24(2)3;1-2/h6-9,12-15,18-21,24H,4-5,10-11,16-17,22-23,39-40H2,1-3H3,(H2,41,43,45,46)(H2,42,44,47,48);1-2H3/b25-20-,28-21-;. The third-order valence-electron chi connectivity index (χ3n) is 7.68. The fourth-order valence-electron chi connectivity index (χ4n) is 4.92. The van der Waals surface area contributed by atoms with Crippen LogP contribution in [0.15, 0.2) is 73.1 Å². The molecular formula is C38H52F2N10. The summed E-state index contributed by atoms with van der Waals surface area (Å²) in [4.78, 5) is 18.6. The lowest BCUT2D eigenvalue weighted by Crippen LogP contribution is -2.12. The molecule has 0 radical (unpaired) electrons. The molecule has 12 heteroatoms. The van der Waals surface area contributed by atoms with E-state index in [1.807, 2.05) is 46.8 Å². The number of benzene rings is 2. The Morgan fingerprint density at radius 2 is 1.10 bits per heavy atom. The van der Waals surface area contributed by atoms with E-state index in [0.29, 0.717) is 72.1 Å². The highest BCUT2D eigenvalue weighted by molar-refractivity contribution is 5.65. The van der Waals surface area contributed by atoms with Crippen molar-refractivity contribution >= 4 is 34.4 Å². The Hall–Kier alpha value is -5.26. The lowest BCUT2D eigenvalue weighted by atomic mass is 10.0. The van der Waals surface area contributed by atoms with Crippen LogP contribution in [0.4, 0.5) is 32.1 Å². The van der Waals surface area contributed by atoms with Crippen molar-refractivity contribution in [3.05, 3.63) is 107 Å². The number of hydrogen-bond donors (Lipinski definition) is 6. The van der Waals surface area contributed by atoms with E-state index in [1.165, 1.54) is 24.5 Å². The molecule has 0 saturated heterocycles. The van der Waals surface area contributed by atoms with E-state index in [1.54, 1.807) is 36.4 Å². The highest BCUT2D eigenvalue weighted by Crippen LogP contribution is 2.24. The van der Waals surface area contributed by atoms with Crippen LogP contribution in [0.2, 0.25) is 0 Å². The molecule has 0 aliphatic carbocycles. The van der Waals surface area contributed by atoms with Crippen LogP contribution in [0, 0.1) is 17.6 Å². The number of allylic oxidation sites excluding steroid dienone is 2. The van der Waals surface area contributed by atoms with Crippen LogP contribution >= 0.6 is 0 Å². The lowest BCUT2D eigenvalue weighted by Gasteiger charge is -2.15. The maximum absolute atomic E-state index is 14.2. The third kappa shape index (κ3) is 12.0. The summed E-state index contributed by atoms with van der Waals surface area (Å²) in [6.07, 6.45) is 6.50.